The van der Waals surface area contributed by atoms with Crippen molar-refractivity contribution in [3.63, 3.8) is 0 Å². The first kappa shape index (κ1) is 14.0. The van der Waals surface area contributed by atoms with E-state index in [1.165, 1.54) is 6.26 Å². The lowest BCUT2D eigenvalue weighted by Gasteiger charge is -2.29. The van der Waals surface area contributed by atoms with Crippen LogP contribution in [0.4, 0.5) is 0 Å². The van der Waals surface area contributed by atoms with E-state index in [0.717, 1.165) is 30.1 Å². The van der Waals surface area contributed by atoms with Crippen LogP contribution in [-0.4, -0.2) is 37.8 Å². The molecule has 1 aromatic heterocycles. The van der Waals surface area contributed by atoms with Gasteiger partial charge in [0.25, 0.3) is 0 Å². The molecule has 1 aromatic rings. The van der Waals surface area contributed by atoms with Gasteiger partial charge < -0.3 is 4.42 Å². The zero-order valence-electron chi connectivity index (χ0n) is 10.5. The number of furan rings is 1. The van der Waals surface area contributed by atoms with E-state index in [9.17, 15) is 8.42 Å². The average molecular weight is 289 g/mol. The Labute approximate surface area is 113 Å². The molecule has 4 nitrogen and oxygen atoms in total. The number of sulfonamides is 1. The fourth-order valence-corrected chi connectivity index (χ4v) is 4.15. The van der Waals surface area contributed by atoms with Crippen molar-refractivity contribution in [1.29, 1.82) is 0 Å². The molecule has 0 aliphatic carbocycles. The zero-order valence-corrected chi connectivity index (χ0v) is 12.2. The summed E-state index contributed by atoms with van der Waals surface area (Å²) in [4.78, 5) is 0. The van der Waals surface area contributed by atoms with Gasteiger partial charge in [0.1, 0.15) is 5.76 Å². The van der Waals surface area contributed by atoms with Gasteiger partial charge in [-0.2, -0.15) is 11.8 Å². The van der Waals surface area contributed by atoms with Crippen LogP contribution in [0.15, 0.2) is 22.8 Å². The van der Waals surface area contributed by atoms with E-state index in [0.29, 0.717) is 19.0 Å². The first-order valence-electron chi connectivity index (χ1n) is 6.11. The van der Waals surface area contributed by atoms with Gasteiger partial charge in [-0.25, -0.2) is 12.7 Å². The van der Waals surface area contributed by atoms with Gasteiger partial charge in [-0.05, 0) is 36.6 Å². The van der Waals surface area contributed by atoms with Gasteiger partial charge in [-0.15, -0.1) is 0 Å². The molecule has 2 heterocycles. The number of rotatable bonds is 5. The molecule has 18 heavy (non-hydrogen) atoms. The molecule has 1 aliphatic rings. The molecule has 102 valence electrons. The maximum absolute atomic E-state index is 11.4. The Kier molecular flexibility index (Phi) is 4.75. The van der Waals surface area contributed by atoms with Crippen molar-refractivity contribution in [2.24, 2.45) is 5.92 Å². The average Bonchev–Trinajstić information content (AvgIpc) is 2.82. The third-order valence-electron chi connectivity index (χ3n) is 3.22. The highest BCUT2D eigenvalue weighted by Crippen LogP contribution is 2.24. The SMILES string of the molecule is CS(=O)(=O)N1CCC(CSCc2ccco2)CC1. The van der Waals surface area contributed by atoms with E-state index >= 15 is 0 Å². The van der Waals surface area contributed by atoms with Crippen LogP contribution >= 0.6 is 11.8 Å². The molecule has 1 saturated heterocycles. The molecule has 1 aliphatic heterocycles. The third kappa shape index (κ3) is 4.03. The van der Waals surface area contributed by atoms with Gasteiger partial charge in [-0.3, -0.25) is 0 Å². The molecule has 0 spiro atoms. The molecule has 0 unspecified atom stereocenters. The highest BCUT2D eigenvalue weighted by molar-refractivity contribution is 7.98. The minimum atomic E-state index is -2.99. The van der Waals surface area contributed by atoms with E-state index in [1.807, 2.05) is 23.9 Å². The molecular weight excluding hydrogens is 270 g/mol. The summed E-state index contributed by atoms with van der Waals surface area (Å²) < 4.78 is 29.6. The maximum atomic E-state index is 11.4. The molecule has 6 heteroatoms. The summed E-state index contributed by atoms with van der Waals surface area (Å²) in [5.74, 6) is 3.62. The van der Waals surface area contributed by atoms with E-state index in [4.69, 9.17) is 4.42 Å². The molecule has 0 atom stereocenters. The quantitative estimate of drug-likeness (QED) is 0.833. The Bertz CT molecular complexity index is 448. The van der Waals surface area contributed by atoms with Crippen LogP contribution in [0.1, 0.15) is 18.6 Å². The topological polar surface area (TPSA) is 50.5 Å². The lowest BCUT2D eigenvalue weighted by molar-refractivity contribution is 0.292. The summed E-state index contributed by atoms with van der Waals surface area (Å²) in [7, 11) is -2.99. The van der Waals surface area contributed by atoms with Crippen LogP contribution in [0.5, 0.6) is 0 Å². The molecular formula is C12H19NO3S2. The number of hydrogen-bond acceptors (Lipinski definition) is 4. The summed E-state index contributed by atoms with van der Waals surface area (Å²) >= 11 is 1.86. The Balaban J connectivity index is 1.68. The Morgan fingerprint density at radius 1 is 1.44 bits per heavy atom. The molecule has 2 rings (SSSR count). The van der Waals surface area contributed by atoms with E-state index in [2.05, 4.69) is 0 Å². The van der Waals surface area contributed by atoms with Gasteiger partial charge in [0.2, 0.25) is 10.0 Å². The van der Waals surface area contributed by atoms with Crippen LogP contribution in [0.25, 0.3) is 0 Å². The van der Waals surface area contributed by atoms with Crippen LogP contribution in [0.2, 0.25) is 0 Å². The molecule has 0 aromatic carbocycles. The molecule has 0 radical (unpaired) electrons. The Morgan fingerprint density at radius 2 is 2.17 bits per heavy atom. The largest absolute Gasteiger partial charge is 0.468 e. The monoisotopic (exact) mass is 289 g/mol. The normalized spacial score (nSPS) is 19.2. The van der Waals surface area contributed by atoms with Gasteiger partial charge in [0, 0.05) is 13.1 Å². The summed E-state index contributed by atoms with van der Waals surface area (Å²) in [5.41, 5.74) is 0. The van der Waals surface area contributed by atoms with Crippen molar-refractivity contribution < 1.29 is 12.8 Å². The first-order valence-corrected chi connectivity index (χ1v) is 9.11. The smallest absolute Gasteiger partial charge is 0.211 e. The van der Waals surface area contributed by atoms with Crippen molar-refractivity contribution in [3.05, 3.63) is 24.2 Å². The van der Waals surface area contributed by atoms with Gasteiger partial charge in [0.15, 0.2) is 0 Å². The van der Waals surface area contributed by atoms with Crippen LogP contribution < -0.4 is 0 Å². The number of hydrogen-bond donors (Lipinski definition) is 0. The maximum Gasteiger partial charge on any atom is 0.211 e. The van der Waals surface area contributed by atoms with Crippen LogP contribution in [0.3, 0.4) is 0 Å². The summed E-state index contributed by atoms with van der Waals surface area (Å²) in [6, 6.07) is 3.89. The Morgan fingerprint density at radius 3 is 2.72 bits per heavy atom. The third-order valence-corrected chi connectivity index (χ3v) is 5.72. The van der Waals surface area contributed by atoms with Crippen LogP contribution in [-0.2, 0) is 15.8 Å². The fourth-order valence-electron chi connectivity index (χ4n) is 2.13. The molecule has 1 fully saturated rings. The van der Waals surface area contributed by atoms with Gasteiger partial charge in [-0.1, -0.05) is 0 Å². The van der Waals surface area contributed by atoms with Crippen LogP contribution in [0, 0.1) is 5.92 Å². The standard InChI is InChI=1S/C12H19NO3S2/c1-18(14,15)13-6-4-11(5-7-13)9-17-10-12-3-2-8-16-12/h2-3,8,11H,4-7,9-10H2,1H3. The van der Waals surface area contributed by atoms with E-state index in [-0.39, 0.29) is 0 Å². The van der Waals surface area contributed by atoms with Crippen molar-refractivity contribution in [2.45, 2.75) is 18.6 Å². The first-order chi connectivity index (χ1) is 8.55. The van der Waals surface area contributed by atoms with Crippen molar-refractivity contribution in [3.8, 4) is 0 Å². The summed E-state index contributed by atoms with van der Waals surface area (Å²) in [5, 5.41) is 0. The van der Waals surface area contributed by atoms with Crippen molar-refractivity contribution in [1.82, 2.24) is 4.31 Å². The Hall–Kier alpha value is -0.460. The highest BCUT2D eigenvalue weighted by Gasteiger charge is 2.24. The number of nitrogens with zero attached hydrogens (tertiary/aromatic N) is 1. The summed E-state index contributed by atoms with van der Waals surface area (Å²) in [6.45, 7) is 1.34. The predicted molar refractivity (Wildman–Crippen MR) is 74.0 cm³/mol. The minimum Gasteiger partial charge on any atom is -0.468 e. The molecule has 0 N–H and O–H groups in total. The van der Waals surface area contributed by atoms with Crippen molar-refractivity contribution in [2.75, 3.05) is 25.1 Å². The molecule has 0 saturated carbocycles. The lowest BCUT2D eigenvalue weighted by atomic mass is 10.0. The van der Waals surface area contributed by atoms with Gasteiger partial charge >= 0.3 is 0 Å². The zero-order chi connectivity index (χ0) is 13.0. The second-order valence-electron chi connectivity index (χ2n) is 4.70. The summed E-state index contributed by atoms with van der Waals surface area (Å²) in [6.07, 6.45) is 4.93. The van der Waals surface area contributed by atoms with Crippen molar-refractivity contribution >= 4 is 21.8 Å². The second kappa shape index (κ2) is 6.12. The minimum absolute atomic E-state index is 0.628. The van der Waals surface area contributed by atoms with Gasteiger partial charge in [0.05, 0.1) is 18.3 Å². The highest BCUT2D eigenvalue weighted by atomic mass is 32.2. The lowest BCUT2D eigenvalue weighted by Crippen LogP contribution is -2.38. The van der Waals surface area contributed by atoms with E-state index < -0.39 is 10.0 Å². The van der Waals surface area contributed by atoms with E-state index in [1.54, 1.807) is 10.6 Å². The fraction of sp³-hybridized carbons (Fsp3) is 0.667. The number of piperidine rings is 1. The molecule has 0 amide bonds. The second-order valence-corrected chi connectivity index (χ2v) is 7.71. The number of thioether (sulfide) groups is 1. The predicted octanol–water partition coefficient (Wildman–Crippen LogP) is 2.18. The molecule has 0 bridgehead atoms.